The van der Waals surface area contributed by atoms with Gasteiger partial charge in [0.1, 0.15) is 0 Å². The van der Waals surface area contributed by atoms with Crippen molar-refractivity contribution in [1.29, 1.82) is 0 Å². The van der Waals surface area contributed by atoms with Gasteiger partial charge in [0.05, 0.1) is 18.3 Å². The molecule has 2 aromatic rings. The van der Waals surface area contributed by atoms with E-state index in [9.17, 15) is 4.79 Å². The third kappa shape index (κ3) is 2.94. The fourth-order valence-corrected chi connectivity index (χ4v) is 1.72. The molecule has 0 radical (unpaired) electrons. The number of nitrogens with zero attached hydrogens (tertiary/aromatic N) is 2. The van der Waals surface area contributed by atoms with Crippen LogP contribution < -0.4 is 5.46 Å². The molecule has 0 saturated heterocycles. The fraction of sp³-hybridized carbons (Fsp3) is 0.333. The van der Waals surface area contributed by atoms with Gasteiger partial charge in [-0.05, 0) is 17.9 Å². The molecule has 100 valence electrons. The Bertz CT molecular complexity index is 582. The van der Waals surface area contributed by atoms with Crippen molar-refractivity contribution in [2.24, 2.45) is 0 Å². The van der Waals surface area contributed by atoms with Crippen molar-refractivity contribution in [2.45, 2.75) is 19.8 Å². The van der Waals surface area contributed by atoms with Crippen LogP contribution in [0, 0.1) is 0 Å². The number of benzene rings is 1. The number of unbranched alkanes of at least 4 members (excludes halogenated alkanes) is 1. The zero-order chi connectivity index (χ0) is 13.8. The summed E-state index contributed by atoms with van der Waals surface area (Å²) < 4.78 is 6.24. The number of ether oxygens (including phenoxy) is 1. The first-order valence-corrected chi connectivity index (χ1v) is 6.14. The Morgan fingerprint density at radius 3 is 2.95 bits per heavy atom. The van der Waals surface area contributed by atoms with E-state index in [2.05, 4.69) is 5.10 Å². The Hall–Kier alpha value is -1.86. The van der Waals surface area contributed by atoms with Gasteiger partial charge in [-0.1, -0.05) is 25.5 Å². The third-order valence-electron chi connectivity index (χ3n) is 2.79. The molecular weight excluding hydrogens is 247 g/mol. The number of fused-ring (bicyclic) bond motifs is 1. The predicted molar refractivity (Wildman–Crippen MR) is 71.2 cm³/mol. The molecule has 6 nitrogen and oxygen atoms in total. The lowest BCUT2D eigenvalue weighted by molar-refractivity contribution is 0.144. The molecule has 0 aliphatic rings. The first-order valence-electron chi connectivity index (χ1n) is 6.14. The van der Waals surface area contributed by atoms with Crippen LogP contribution in [0.25, 0.3) is 10.9 Å². The molecule has 0 atom stereocenters. The minimum Gasteiger partial charge on any atom is -0.448 e. The van der Waals surface area contributed by atoms with Crippen LogP contribution >= 0.6 is 0 Å². The third-order valence-corrected chi connectivity index (χ3v) is 2.79. The van der Waals surface area contributed by atoms with Crippen molar-refractivity contribution in [3.8, 4) is 0 Å². The second-order valence-corrected chi connectivity index (χ2v) is 4.22. The summed E-state index contributed by atoms with van der Waals surface area (Å²) in [5.74, 6) is 0. The smallest absolute Gasteiger partial charge is 0.448 e. The Morgan fingerprint density at radius 2 is 2.26 bits per heavy atom. The van der Waals surface area contributed by atoms with Gasteiger partial charge < -0.3 is 14.8 Å². The van der Waals surface area contributed by atoms with Gasteiger partial charge >= 0.3 is 13.2 Å². The second kappa shape index (κ2) is 5.86. The van der Waals surface area contributed by atoms with E-state index < -0.39 is 13.2 Å². The van der Waals surface area contributed by atoms with Crippen LogP contribution in [0.5, 0.6) is 0 Å². The summed E-state index contributed by atoms with van der Waals surface area (Å²) in [6.07, 6.45) is 2.72. The summed E-state index contributed by atoms with van der Waals surface area (Å²) in [4.78, 5) is 11.8. The minimum absolute atomic E-state index is 0.353. The second-order valence-electron chi connectivity index (χ2n) is 4.22. The molecule has 0 saturated carbocycles. The molecule has 2 N–H and O–H groups in total. The maximum Gasteiger partial charge on any atom is 0.488 e. The predicted octanol–water partition coefficient (Wildman–Crippen LogP) is 0.501. The lowest BCUT2D eigenvalue weighted by Crippen LogP contribution is -2.29. The average Bonchev–Trinajstić information content (AvgIpc) is 2.81. The number of rotatable bonds is 4. The van der Waals surface area contributed by atoms with Crippen molar-refractivity contribution in [3.05, 3.63) is 24.4 Å². The van der Waals surface area contributed by atoms with E-state index in [0.717, 1.165) is 12.8 Å². The van der Waals surface area contributed by atoms with E-state index in [1.807, 2.05) is 6.92 Å². The monoisotopic (exact) mass is 262 g/mol. The molecule has 1 heterocycles. The van der Waals surface area contributed by atoms with Crippen molar-refractivity contribution < 1.29 is 19.6 Å². The Labute approximate surface area is 110 Å². The van der Waals surface area contributed by atoms with Crippen molar-refractivity contribution in [1.82, 2.24) is 9.78 Å². The van der Waals surface area contributed by atoms with Gasteiger partial charge in [-0.25, -0.2) is 4.79 Å². The van der Waals surface area contributed by atoms with Crippen LogP contribution in [0.2, 0.25) is 0 Å². The van der Waals surface area contributed by atoms with E-state index in [1.54, 1.807) is 12.1 Å². The van der Waals surface area contributed by atoms with Crippen LogP contribution in [-0.2, 0) is 4.74 Å². The summed E-state index contributed by atoms with van der Waals surface area (Å²) in [6.45, 7) is 2.38. The van der Waals surface area contributed by atoms with Gasteiger partial charge in [-0.3, -0.25) is 0 Å². The van der Waals surface area contributed by atoms with Gasteiger partial charge in [0, 0.05) is 5.39 Å². The van der Waals surface area contributed by atoms with Crippen molar-refractivity contribution in [2.75, 3.05) is 6.61 Å². The normalized spacial score (nSPS) is 10.7. The van der Waals surface area contributed by atoms with E-state index in [4.69, 9.17) is 14.8 Å². The summed E-state index contributed by atoms with van der Waals surface area (Å²) in [5.41, 5.74) is 0.928. The van der Waals surface area contributed by atoms with E-state index in [1.165, 1.54) is 16.9 Å². The fourth-order valence-electron chi connectivity index (χ4n) is 1.72. The highest BCUT2D eigenvalue weighted by Crippen LogP contribution is 2.12. The van der Waals surface area contributed by atoms with Crippen LogP contribution in [0.15, 0.2) is 24.4 Å². The molecule has 0 unspecified atom stereocenters. The molecule has 19 heavy (non-hydrogen) atoms. The first kappa shape index (κ1) is 13.6. The molecule has 2 rings (SSSR count). The maximum atomic E-state index is 11.8. The molecule has 1 aromatic carbocycles. The van der Waals surface area contributed by atoms with Crippen molar-refractivity contribution >= 4 is 29.6 Å². The molecule has 0 fully saturated rings. The number of carbonyl (C=O) groups is 1. The Kier molecular flexibility index (Phi) is 4.18. The Balaban J connectivity index is 2.23. The molecular formula is C12H15BN2O4. The van der Waals surface area contributed by atoms with Crippen LogP contribution in [0.4, 0.5) is 4.79 Å². The maximum absolute atomic E-state index is 11.8. The average molecular weight is 262 g/mol. The summed E-state index contributed by atoms with van der Waals surface area (Å²) in [7, 11) is -1.54. The van der Waals surface area contributed by atoms with Gasteiger partial charge in [0.2, 0.25) is 0 Å². The minimum atomic E-state index is -1.54. The topological polar surface area (TPSA) is 84.6 Å². The van der Waals surface area contributed by atoms with Crippen LogP contribution in [-0.4, -0.2) is 39.6 Å². The zero-order valence-electron chi connectivity index (χ0n) is 10.6. The molecule has 0 aliphatic carbocycles. The van der Waals surface area contributed by atoms with E-state index >= 15 is 0 Å². The van der Waals surface area contributed by atoms with Gasteiger partial charge in [-0.15, -0.1) is 0 Å². The molecule has 1 aromatic heterocycles. The molecule has 7 heteroatoms. The zero-order valence-corrected chi connectivity index (χ0v) is 10.6. The number of hydrogen-bond acceptors (Lipinski definition) is 5. The standard InChI is InChI=1S/C12H15BN2O4/c1-2-3-6-19-12(16)15-11-5-4-10(13(17)18)7-9(11)8-14-15/h4-5,7-8,17-18H,2-3,6H2,1H3. The van der Waals surface area contributed by atoms with Gasteiger partial charge in [0.25, 0.3) is 0 Å². The highest BCUT2D eigenvalue weighted by molar-refractivity contribution is 6.58. The van der Waals surface area contributed by atoms with Crippen LogP contribution in [0.1, 0.15) is 19.8 Å². The highest BCUT2D eigenvalue weighted by Gasteiger charge is 2.15. The largest absolute Gasteiger partial charge is 0.488 e. The lowest BCUT2D eigenvalue weighted by atomic mass is 9.80. The molecule has 0 spiro atoms. The first-order chi connectivity index (χ1) is 9.13. The quantitative estimate of drug-likeness (QED) is 0.619. The number of carbonyl (C=O) groups excluding carboxylic acids is 1. The molecule has 0 aliphatic heterocycles. The Morgan fingerprint density at radius 1 is 1.47 bits per heavy atom. The van der Waals surface area contributed by atoms with E-state index in [-0.39, 0.29) is 0 Å². The highest BCUT2D eigenvalue weighted by atomic mass is 16.6. The van der Waals surface area contributed by atoms with E-state index in [0.29, 0.717) is 23.0 Å². The number of hydrogen-bond donors (Lipinski definition) is 2. The van der Waals surface area contributed by atoms with Gasteiger partial charge in [0.15, 0.2) is 0 Å². The summed E-state index contributed by atoms with van der Waals surface area (Å²) >= 11 is 0. The molecule has 0 amide bonds. The number of aromatic nitrogens is 2. The van der Waals surface area contributed by atoms with Crippen molar-refractivity contribution in [3.63, 3.8) is 0 Å². The van der Waals surface area contributed by atoms with Gasteiger partial charge in [-0.2, -0.15) is 9.78 Å². The SMILES string of the molecule is CCCCOC(=O)n1ncc2cc(B(O)O)ccc21. The summed E-state index contributed by atoms with van der Waals surface area (Å²) in [6, 6.07) is 4.71. The molecule has 0 bridgehead atoms. The lowest BCUT2D eigenvalue weighted by Gasteiger charge is -2.04. The van der Waals surface area contributed by atoms with Crippen LogP contribution in [0.3, 0.4) is 0 Å². The summed E-state index contributed by atoms with van der Waals surface area (Å²) in [5, 5.41) is 22.8.